The average molecular weight is 467 g/mol. The van der Waals surface area contributed by atoms with Crippen LogP contribution in [0.15, 0.2) is 53.3 Å². The first-order valence-corrected chi connectivity index (χ1v) is 12.0. The fourth-order valence-electron chi connectivity index (χ4n) is 3.64. The van der Waals surface area contributed by atoms with Gasteiger partial charge in [-0.3, -0.25) is 19.1 Å². The summed E-state index contributed by atoms with van der Waals surface area (Å²) in [5, 5.41) is 5.70. The van der Waals surface area contributed by atoms with E-state index in [1.807, 2.05) is 55.5 Å². The minimum absolute atomic E-state index is 0.0668. The molecule has 0 aliphatic carbocycles. The SMILES string of the molecule is Cc1cccc(C(C)C)c1NC(=O)CSCC(=O)Nc1c(C)n(C)n(-c2ccccc2)c1=O. The minimum atomic E-state index is -0.322. The number of carbonyl (C=O) groups excluding carboxylic acids is 2. The van der Waals surface area contributed by atoms with Crippen LogP contribution >= 0.6 is 11.8 Å². The van der Waals surface area contributed by atoms with E-state index in [0.29, 0.717) is 5.69 Å². The molecule has 1 aromatic heterocycles. The third-order valence-corrected chi connectivity index (χ3v) is 6.41. The average Bonchev–Trinajstić information content (AvgIpc) is 2.98. The summed E-state index contributed by atoms with van der Waals surface area (Å²) < 4.78 is 3.22. The summed E-state index contributed by atoms with van der Waals surface area (Å²) in [5.41, 5.74) is 4.25. The number of amides is 2. The summed E-state index contributed by atoms with van der Waals surface area (Å²) in [6, 6.07) is 15.2. The summed E-state index contributed by atoms with van der Waals surface area (Å²) in [7, 11) is 1.77. The lowest BCUT2D eigenvalue weighted by Gasteiger charge is -2.16. The maximum atomic E-state index is 12.9. The maximum absolute atomic E-state index is 12.9. The van der Waals surface area contributed by atoms with Crippen LogP contribution in [0.5, 0.6) is 0 Å². The second kappa shape index (κ2) is 10.6. The van der Waals surface area contributed by atoms with Gasteiger partial charge in [0.05, 0.1) is 22.9 Å². The Morgan fingerprint density at radius 3 is 2.12 bits per heavy atom. The van der Waals surface area contributed by atoms with Crippen LogP contribution in [-0.4, -0.2) is 32.7 Å². The van der Waals surface area contributed by atoms with E-state index in [9.17, 15) is 14.4 Å². The van der Waals surface area contributed by atoms with E-state index in [4.69, 9.17) is 0 Å². The van der Waals surface area contributed by atoms with Crippen molar-refractivity contribution >= 4 is 35.0 Å². The Morgan fingerprint density at radius 1 is 0.909 bits per heavy atom. The van der Waals surface area contributed by atoms with Crippen molar-refractivity contribution in [3.05, 3.63) is 75.7 Å². The summed E-state index contributed by atoms with van der Waals surface area (Å²) >= 11 is 1.21. The first kappa shape index (κ1) is 24.4. The monoisotopic (exact) mass is 466 g/mol. The summed E-state index contributed by atoms with van der Waals surface area (Å²) in [6.07, 6.45) is 0. The molecule has 0 saturated carbocycles. The molecule has 174 valence electrons. The molecule has 0 aliphatic rings. The number of para-hydroxylation sites is 2. The van der Waals surface area contributed by atoms with Crippen molar-refractivity contribution in [1.82, 2.24) is 9.36 Å². The zero-order valence-corrected chi connectivity index (χ0v) is 20.5. The first-order chi connectivity index (χ1) is 15.7. The lowest BCUT2D eigenvalue weighted by Crippen LogP contribution is -2.24. The molecule has 7 nitrogen and oxygen atoms in total. The predicted molar refractivity (Wildman–Crippen MR) is 136 cm³/mol. The van der Waals surface area contributed by atoms with Crippen molar-refractivity contribution in [2.24, 2.45) is 7.05 Å². The zero-order chi connectivity index (χ0) is 24.1. The van der Waals surface area contributed by atoms with Crippen molar-refractivity contribution in [2.45, 2.75) is 33.6 Å². The van der Waals surface area contributed by atoms with Crippen molar-refractivity contribution in [2.75, 3.05) is 22.1 Å². The van der Waals surface area contributed by atoms with Gasteiger partial charge in [-0.25, -0.2) is 4.68 Å². The zero-order valence-electron chi connectivity index (χ0n) is 19.6. The second-order valence-corrected chi connectivity index (χ2v) is 9.21. The van der Waals surface area contributed by atoms with E-state index in [0.717, 1.165) is 22.5 Å². The molecule has 0 fully saturated rings. The van der Waals surface area contributed by atoms with E-state index in [1.54, 1.807) is 18.7 Å². The van der Waals surface area contributed by atoms with Crippen LogP contribution in [0.1, 0.15) is 36.6 Å². The third-order valence-electron chi connectivity index (χ3n) is 5.48. The molecule has 0 spiro atoms. The molecule has 2 aromatic carbocycles. The van der Waals surface area contributed by atoms with Crippen LogP contribution in [0.3, 0.4) is 0 Å². The highest BCUT2D eigenvalue weighted by molar-refractivity contribution is 8.00. The van der Waals surface area contributed by atoms with E-state index in [2.05, 4.69) is 24.5 Å². The van der Waals surface area contributed by atoms with E-state index in [1.165, 1.54) is 16.4 Å². The molecular weight excluding hydrogens is 436 g/mol. The quantitative estimate of drug-likeness (QED) is 0.520. The fourth-order valence-corrected chi connectivity index (χ4v) is 4.26. The smallest absolute Gasteiger partial charge is 0.295 e. The molecule has 8 heteroatoms. The van der Waals surface area contributed by atoms with E-state index in [-0.39, 0.29) is 40.5 Å². The van der Waals surface area contributed by atoms with Crippen molar-refractivity contribution in [3.8, 4) is 5.69 Å². The molecule has 1 heterocycles. The Morgan fingerprint density at radius 2 is 1.52 bits per heavy atom. The van der Waals surface area contributed by atoms with Gasteiger partial charge in [-0.05, 0) is 43.0 Å². The van der Waals surface area contributed by atoms with Gasteiger partial charge in [-0.2, -0.15) is 0 Å². The van der Waals surface area contributed by atoms with Crippen LogP contribution in [-0.2, 0) is 16.6 Å². The van der Waals surface area contributed by atoms with Gasteiger partial charge in [0.2, 0.25) is 11.8 Å². The highest BCUT2D eigenvalue weighted by Gasteiger charge is 2.18. The number of hydrogen-bond acceptors (Lipinski definition) is 4. The molecular formula is C25H30N4O3S. The lowest BCUT2D eigenvalue weighted by molar-refractivity contribution is -0.114. The summed E-state index contributed by atoms with van der Waals surface area (Å²) in [6.45, 7) is 7.92. The molecule has 0 bridgehead atoms. The van der Waals surface area contributed by atoms with Crippen LogP contribution < -0.4 is 16.2 Å². The van der Waals surface area contributed by atoms with Gasteiger partial charge in [-0.15, -0.1) is 11.8 Å². The Balaban J connectivity index is 1.60. The van der Waals surface area contributed by atoms with Gasteiger partial charge in [0.1, 0.15) is 5.69 Å². The van der Waals surface area contributed by atoms with Gasteiger partial charge < -0.3 is 10.6 Å². The number of rotatable bonds is 8. The predicted octanol–water partition coefficient (Wildman–Crippen LogP) is 4.23. The molecule has 0 saturated heterocycles. The summed E-state index contributed by atoms with van der Waals surface area (Å²) in [5.74, 6) is 0.00938. The number of hydrogen-bond donors (Lipinski definition) is 2. The molecule has 0 unspecified atom stereocenters. The van der Waals surface area contributed by atoms with Crippen molar-refractivity contribution < 1.29 is 9.59 Å². The van der Waals surface area contributed by atoms with Crippen molar-refractivity contribution in [1.29, 1.82) is 0 Å². The molecule has 3 aromatic rings. The minimum Gasteiger partial charge on any atom is -0.325 e. The molecule has 2 N–H and O–H groups in total. The van der Waals surface area contributed by atoms with E-state index < -0.39 is 0 Å². The first-order valence-electron chi connectivity index (χ1n) is 10.8. The molecule has 3 rings (SSSR count). The molecule has 2 amide bonds. The third kappa shape index (κ3) is 5.57. The van der Waals surface area contributed by atoms with Crippen LogP contribution in [0.2, 0.25) is 0 Å². The number of aromatic nitrogens is 2. The van der Waals surface area contributed by atoms with Crippen LogP contribution in [0, 0.1) is 13.8 Å². The largest absolute Gasteiger partial charge is 0.325 e. The van der Waals surface area contributed by atoms with Gasteiger partial charge in [-0.1, -0.05) is 50.2 Å². The van der Waals surface area contributed by atoms with Crippen LogP contribution in [0.25, 0.3) is 5.69 Å². The van der Waals surface area contributed by atoms with Crippen LogP contribution in [0.4, 0.5) is 11.4 Å². The standard InChI is InChI=1S/C25H30N4O3S/c1-16(2)20-13-9-10-17(3)23(20)26-21(30)14-33-15-22(31)27-24-18(4)28(5)29(25(24)32)19-11-7-6-8-12-19/h6-13,16H,14-15H2,1-5H3,(H,26,30)(H,27,31). The number of aryl methyl sites for hydroxylation is 1. The Bertz CT molecular complexity index is 1210. The number of anilines is 2. The normalized spacial score (nSPS) is 11.0. The maximum Gasteiger partial charge on any atom is 0.295 e. The number of nitrogens with one attached hydrogen (secondary N) is 2. The van der Waals surface area contributed by atoms with Crippen molar-refractivity contribution in [3.63, 3.8) is 0 Å². The number of benzene rings is 2. The molecule has 0 aliphatic heterocycles. The Hall–Kier alpha value is -3.26. The molecule has 33 heavy (non-hydrogen) atoms. The highest BCUT2D eigenvalue weighted by Crippen LogP contribution is 2.27. The number of carbonyl (C=O) groups is 2. The lowest BCUT2D eigenvalue weighted by atomic mass is 9.98. The number of thioether (sulfide) groups is 1. The molecule has 0 atom stereocenters. The molecule has 0 radical (unpaired) electrons. The number of nitrogens with zero attached hydrogens (tertiary/aromatic N) is 2. The van der Waals surface area contributed by atoms with Gasteiger partial charge in [0.25, 0.3) is 5.56 Å². The van der Waals surface area contributed by atoms with Gasteiger partial charge in [0, 0.05) is 12.7 Å². The fraction of sp³-hybridized carbons (Fsp3) is 0.320. The topological polar surface area (TPSA) is 85.1 Å². The van der Waals surface area contributed by atoms with Gasteiger partial charge in [0.15, 0.2) is 0 Å². The highest BCUT2D eigenvalue weighted by atomic mass is 32.2. The second-order valence-electron chi connectivity index (χ2n) is 8.22. The summed E-state index contributed by atoms with van der Waals surface area (Å²) in [4.78, 5) is 37.9. The Kier molecular flexibility index (Phi) is 7.81. The Labute approximate surface area is 198 Å². The van der Waals surface area contributed by atoms with E-state index >= 15 is 0 Å². The van der Waals surface area contributed by atoms with Gasteiger partial charge >= 0.3 is 0 Å².